The third kappa shape index (κ3) is 1.75. The smallest absolute Gasteiger partial charge is 0.340 e. The molecule has 0 saturated heterocycles. The van der Waals surface area contributed by atoms with Crippen LogP contribution in [-0.4, -0.2) is 17.7 Å². The Morgan fingerprint density at radius 1 is 1.41 bits per heavy atom. The normalized spacial score (nSPS) is 26.8. The highest BCUT2D eigenvalue weighted by Gasteiger charge is 2.47. The number of carboxylic acids is 1. The van der Waals surface area contributed by atoms with Gasteiger partial charge in [-0.15, -0.1) is 0 Å². The molecular weight excluding hydrogens is 216 g/mol. The number of fused-ring (bicyclic) bond motifs is 1. The maximum Gasteiger partial charge on any atom is 0.340 e. The molecule has 1 atom stereocenters. The van der Waals surface area contributed by atoms with Crippen LogP contribution in [0.25, 0.3) is 0 Å². The van der Waals surface area contributed by atoms with Crippen LogP contribution in [-0.2, 0) is 21.6 Å². The largest absolute Gasteiger partial charge is 0.479 e. The zero-order valence-corrected chi connectivity index (χ0v) is 9.69. The van der Waals surface area contributed by atoms with Gasteiger partial charge in [0.1, 0.15) is 0 Å². The summed E-state index contributed by atoms with van der Waals surface area (Å²) in [5.41, 5.74) is 0.887. The summed E-state index contributed by atoms with van der Waals surface area (Å²) in [6, 6.07) is 7.74. The third-order valence-corrected chi connectivity index (χ3v) is 3.81. The van der Waals surface area contributed by atoms with Gasteiger partial charge in [0.05, 0.1) is 6.61 Å². The lowest BCUT2D eigenvalue weighted by Crippen LogP contribution is -2.37. The minimum atomic E-state index is -1.08. The first-order chi connectivity index (χ1) is 8.22. The van der Waals surface area contributed by atoms with Gasteiger partial charge < -0.3 is 9.84 Å². The van der Waals surface area contributed by atoms with Crippen molar-refractivity contribution < 1.29 is 14.6 Å². The van der Waals surface area contributed by atoms with Crippen LogP contribution in [0.5, 0.6) is 0 Å². The predicted molar refractivity (Wildman–Crippen MR) is 62.8 cm³/mol. The van der Waals surface area contributed by atoms with Gasteiger partial charge in [-0.3, -0.25) is 0 Å². The molecule has 0 amide bonds. The molecule has 2 aliphatic rings. The molecule has 1 unspecified atom stereocenters. The zero-order chi connectivity index (χ0) is 11.9. The van der Waals surface area contributed by atoms with Crippen molar-refractivity contribution in [3.05, 3.63) is 35.4 Å². The second-order valence-corrected chi connectivity index (χ2v) is 5.04. The van der Waals surface area contributed by atoms with Crippen LogP contribution in [0, 0.1) is 5.92 Å². The van der Waals surface area contributed by atoms with E-state index in [2.05, 4.69) is 0 Å². The summed E-state index contributed by atoms with van der Waals surface area (Å²) >= 11 is 0. The average molecular weight is 232 g/mol. The molecule has 0 spiro atoms. The van der Waals surface area contributed by atoms with Gasteiger partial charge in [-0.25, -0.2) is 4.79 Å². The van der Waals surface area contributed by atoms with E-state index < -0.39 is 11.6 Å². The monoisotopic (exact) mass is 232 g/mol. The highest BCUT2D eigenvalue weighted by molar-refractivity contribution is 5.81. The van der Waals surface area contributed by atoms with Crippen LogP contribution in [0.4, 0.5) is 0 Å². The van der Waals surface area contributed by atoms with Gasteiger partial charge in [0, 0.05) is 0 Å². The molecule has 1 aromatic carbocycles. The maximum atomic E-state index is 11.6. The topological polar surface area (TPSA) is 46.5 Å². The van der Waals surface area contributed by atoms with Gasteiger partial charge >= 0.3 is 5.97 Å². The first-order valence-electron chi connectivity index (χ1n) is 6.18. The Balaban J connectivity index is 1.92. The Labute approximate surface area is 100 Å². The van der Waals surface area contributed by atoms with E-state index in [0.717, 1.165) is 17.5 Å². The first kappa shape index (κ1) is 10.8. The molecule has 0 heterocycles. The molecule has 3 heteroatoms. The van der Waals surface area contributed by atoms with E-state index in [9.17, 15) is 9.90 Å². The Morgan fingerprint density at radius 2 is 2.18 bits per heavy atom. The van der Waals surface area contributed by atoms with Gasteiger partial charge in [-0.1, -0.05) is 24.3 Å². The Kier molecular flexibility index (Phi) is 2.44. The van der Waals surface area contributed by atoms with Gasteiger partial charge in [0.2, 0.25) is 0 Å². The fourth-order valence-electron chi connectivity index (χ4n) is 2.56. The third-order valence-electron chi connectivity index (χ3n) is 3.81. The molecule has 3 nitrogen and oxygen atoms in total. The minimum Gasteiger partial charge on any atom is -0.479 e. The van der Waals surface area contributed by atoms with Crippen LogP contribution in [0.15, 0.2) is 24.3 Å². The minimum absolute atomic E-state index is 0.564. The van der Waals surface area contributed by atoms with E-state index >= 15 is 0 Å². The van der Waals surface area contributed by atoms with E-state index in [1.807, 2.05) is 24.3 Å². The van der Waals surface area contributed by atoms with Crippen molar-refractivity contribution in [1.29, 1.82) is 0 Å². The molecule has 17 heavy (non-hydrogen) atoms. The average Bonchev–Trinajstić information content (AvgIpc) is 3.08. The molecule has 2 aliphatic carbocycles. The Morgan fingerprint density at radius 3 is 2.88 bits per heavy atom. The molecule has 0 aromatic heterocycles. The summed E-state index contributed by atoms with van der Waals surface area (Å²) in [4.78, 5) is 11.6. The molecule has 1 aromatic rings. The number of rotatable bonds is 4. The summed E-state index contributed by atoms with van der Waals surface area (Å²) < 4.78 is 5.80. The summed E-state index contributed by atoms with van der Waals surface area (Å²) in [5.74, 6) is -0.262. The molecule has 1 saturated carbocycles. The number of hydrogen-bond donors (Lipinski definition) is 1. The maximum absolute atomic E-state index is 11.6. The second-order valence-electron chi connectivity index (χ2n) is 5.04. The highest BCUT2D eigenvalue weighted by atomic mass is 16.5. The summed E-state index contributed by atoms with van der Waals surface area (Å²) in [5, 5.41) is 9.52. The summed E-state index contributed by atoms with van der Waals surface area (Å²) in [6.07, 6.45) is 3.72. The first-order valence-corrected chi connectivity index (χ1v) is 6.18. The molecule has 90 valence electrons. The lowest BCUT2D eigenvalue weighted by Gasteiger charge is -2.26. The van der Waals surface area contributed by atoms with Crippen LogP contribution >= 0.6 is 0 Å². The van der Waals surface area contributed by atoms with Crippen molar-refractivity contribution in [3.8, 4) is 0 Å². The van der Waals surface area contributed by atoms with Crippen molar-refractivity contribution in [2.45, 2.75) is 31.3 Å². The van der Waals surface area contributed by atoms with E-state index in [4.69, 9.17) is 4.74 Å². The lowest BCUT2D eigenvalue weighted by molar-refractivity contribution is -0.168. The molecule has 1 fully saturated rings. The SMILES string of the molecule is O=C(O)C1(OCC2CC2)CCc2ccccc21. The van der Waals surface area contributed by atoms with Gasteiger partial charge in [0.25, 0.3) is 0 Å². The second kappa shape index (κ2) is 3.84. The molecule has 1 N–H and O–H groups in total. The van der Waals surface area contributed by atoms with Gasteiger partial charge in [-0.2, -0.15) is 0 Å². The molecule has 0 bridgehead atoms. The van der Waals surface area contributed by atoms with Gasteiger partial charge in [-0.05, 0) is 42.7 Å². The van der Waals surface area contributed by atoms with Crippen molar-refractivity contribution >= 4 is 5.97 Å². The van der Waals surface area contributed by atoms with Crippen LogP contribution in [0.3, 0.4) is 0 Å². The molecule has 3 rings (SSSR count). The fourth-order valence-corrected chi connectivity index (χ4v) is 2.56. The van der Waals surface area contributed by atoms with E-state index in [1.54, 1.807) is 0 Å². The quantitative estimate of drug-likeness (QED) is 0.866. The standard InChI is InChI=1S/C14H16O3/c15-13(16)14(17-9-10-5-6-10)8-7-11-3-1-2-4-12(11)14/h1-4,10H,5-9H2,(H,15,16). The lowest BCUT2D eigenvalue weighted by atomic mass is 9.96. The number of ether oxygens (including phenoxy) is 1. The van der Waals surface area contributed by atoms with Crippen LogP contribution < -0.4 is 0 Å². The number of aliphatic carboxylic acids is 1. The van der Waals surface area contributed by atoms with E-state index in [1.165, 1.54) is 12.8 Å². The number of aryl methyl sites for hydroxylation is 1. The molecule has 0 radical (unpaired) electrons. The Hall–Kier alpha value is -1.35. The van der Waals surface area contributed by atoms with E-state index in [0.29, 0.717) is 18.9 Å². The number of carbonyl (C=O) groups is 1. The highest BCUT2D eigenvalue weighted by Crippen LogP contribution is 2.42. The van der Waals surface area contributed by atoms with Crippen molar-refractivity contribution in [1.82, 2.24) is 0 Å². The van der Waals surface area contributed by atoms with Crippen LogP contribution in [0.2, 0.25) is 0 Å². The number of benzene rings is 1. The Bertz CT molecular complexity index is 451. The van der Waals surface area contributed by atoms with Crippen molar-refractivity contribution in [2.75, 3.05) is 6.61 Å². The fraction of sp³-hybridized carbons (Fsp3) is 0.500. The number of carboxylic acid groups (broad SMARTS) is 1. The zero-order valence-electron chi connectivity index (χ0n) is 9.69. The summed E-state index contributed by atoms with van der Waals surface area (Å²) in [7, 11) is 0. The summed E-state index contributed by atoms with van der Waals surface area (Å²) in [6.45, 7) is 0.584. The van der Waals surface area contributed by atoms with Crippen molar-refractivity contribution in [2.24, 2.45) is 5.92 Å². The van der Waals surface area contributed by atoms with Gasteiger partial charge in [0.15, 0.2) is 5.60 Å². The predicted octanol–water partition coefficient (Wildman–Crippen LogP) is 2.34. The van der Waals surface area contributed by atoms with Crippen LogP contribution in [0.1, 0.15) is 30.4 Å². The van der Waals surface area contributed by atoms with Crippen molar-refractivity contribution in [3.63, 3.8) is 0 Å². The number of hydrogen-bond acceptors (Lipinski definition) is 2. The molecular formula is C14H16O3. The molecule has 0 aliphatic heterocycles. The van der Waals surface area contributed by atoms with E-state index in [-0.39, 0.29) is 0 Å².